The Morgan fingerprint density at radius 2 is 1.97 bits per heavy atom. The Balaban J connectivity index is 0.000000451. The number of hydrogen-bond donors (Lipinski definition) is 2. The topological polar surface area (TPSA) is 88.1 Å². The second-order valence-corrected chi connectivity index (χ2v) is 8.36. The van der Waals surface area contributed by atoms with E-state index in [0.717, 1.165) is 38.4 Å². The molecule has 32 heavy (non-hydrogen) atoms. The molecule has 10 heteroatoms. The number of aliphatic carboxylic acids is 1. The van der Waals surface area contributed by atoms with Gasteiger partial charge in [0.05, 0.1) is 26.2 Å². The van der Waals surface area contributed by atoms with Crippen molar-refractivity contribution in [3.05, 3.63) is 29.8 Å². The molecule has 7 nitrogen and oxygen atoms in total. The lowest BCUT2D eigenvalue weighted by molar-refractivity contribution is -0.192. The number of ether oxygens (including phenoxy) is 2. The fraction of sp³-hybridized carbons (Fsp3) is 0.636. The molecular weight excluding hydrogens is 429 g/mol. The Morgan fingerprint density at radius 3 is 2.56 bits per heavy atom. The first-order valence-corrected chi connectivity index (χ1v) is 10.6. The molecule has 2 N–H and O–H groups in total. The van der Waals surface area contributed by atoms with Gasteiger partial charge in [0.1, 0.15) is 5.75 Å². The molecular formula is C22H31F3N2O5. The van der Waals surface area contributed by atoms with Crippen LogP contribution in [0.4, 0.5) is 13.2 Å². The van der Waals surface area contributed by atoms with Crippen molar-refractivity contribution in [2.75, 3.05) is 26.8 Å². The first-order chi connectivity index (χ1) is 15.0. The molecule has 2 aliphatic heterocycles. The summed E-state index contributed by atoms with van der Waals surface area (Å²) < 4.78 is 43.2. The minimum Gasteiger partial charge on any atom is -0.496 e. The molecule has 0 unspecified atom stereocenters. The Labute approximate surface area is 185 Å². The van der Waals surface area contributed by atoms with Crippen LogP contribution in [0.5, 0.6) is 5.75 Å². The third-order valence-corrected chi connectivity index (χ3v) is 5.54. The standard InChI is InChI=1S/C20H30N2O3.C2HF3O2/c1-14(2)21-20(23)10-19-17-8-9-22(12-16(17)13-25-19)11-15-6-4-5-7-18(15)24-3;3-2(4,5)1(6)7/h4-7,14,16-17,19H,8-13H2,1-3H3,(H,21,23);(H,6,7)/t16-,17-,19-;/m1./s1. The number of alkyl halides is 3. The average Bonchev–Trinajstić information content (AvgIpc) is 3.09. The van der Waals surface area contributed by atoms with Crippen LogP contribution in [0.25, 0.3) is 0 Å². The summed E-state index contributed by atoms with van der Waals surface area (Å²) in [5.41, 5.74) is 1.23. The second-order valence-electron chi connectivity index (χ2n) is 8.36. The van der Waals surface area contributed by atoms with Gasteiger partial charge < -0.3 is 19.9 Å². The van der Waals surface area contributed by atoms with E-state index in [1.807, 2.05) is 26.0 Å². The SMILES string of the molecule is COc1ccccc1CN1CC[C@@H]2[C@@H](CO[C@@H]2CC(=O)NC(C)C)C1.O=C(O)C(F)(F)F. The second kappa shape index (κ2) is 11.5. The Bertz CT molecular complexity index is 772. The zero-order valence-corrected chi connectivity index (χ0v) is 18.5. The van der Waals surface area contributed by atoms with Crippen molar-refractivity contribution in [3.63, 3.8) is 0 Å². The molecule has 0 saturated carbocycles. The number of methoxy groups -OCH3 is 1. The molecule has 2 saturated heterocycles. The Morgan fingerprint density at radius 1 is 1.31 bits per heavy atom. The number of halogens is 3. The smallest absolute Gasteiger partial charge is 0.490 e. The summed E-state index contributed by atoms with van der Waals surface area (Å²) >= 11 is 0. The average molecular weight is 460 g/mol. The van der Waals surface area contributed by atoms with Crippen LogP contribution in [0.2, 0.25) is 0 Å². The number of nitrogens with one attached hydrogen (secondary N) is 1. The van der Waals surface area contributed by atoms with E-state index in [9.17, 15) is 18.0 Å². The van der Waals surface area contributed by atoms with Gasteiger partial charge in [0, 0.05) is 30.6 Å². The predicted octanol–water partition coefficient (Wildman–Crippen LogP) is 3.08. The van der Waals surface area contributed by atoms with Crippen molar-refractivity contribution in [3.8, 4) is 5.75 Å². The van der Waals surface area contributed by atoms with Crippen molar-refractivity contribution >= 4 is 11.9 Å². The normalized spacial score (nSPS) is 23.2. The molecule has 0 bridgehead atoms. The van der Waals surface area contributed by atoms with E-state index in [1.165, 1.54) is 5.56 Å². The van der Waals surface area contributed by atoms with Gasteiger partial charge in [-0.3, -0.25) is 9.69 Å². The number of amides is 1. The van der Waals surface area contributed by atoms with Crippen molar-refractivity contribution < 1.29 is 37.3 Å². The largest absolute Gasteiger partial charge is 0.496 e. The monoisotopic (exact) mass is 460 g/mol. The number of carbonyl (C=O) groups is 2. The quantitative estimate of drug-likeness (QED) is 0.679. The number of piperidine rings is 1. The summed E-state index contributed by atoms with van der Waals surface area (Å²) in [7, 11) is 1.72. The molecule has 3 atom stereocenters. The van der Waals surface area contributed by atoms with Crippen LogP contribution >= 0.6 is 0 Å². The summed E-state index contributed by atoms with van der Waals surface area (Å²) in [4.78, 5) is 23.4. The maximum absolute atomic E-state index is 12.0. The first-order valence-electron chi connectivity index (χ1n) is 10.6. The van der Waals surface area contributed by atoms with Crippen LogP contribution < -0.4 is 10.1 Å². The van der Waals surface area contributed by atoms with E-state index in [4.69, 9.17) is 19.4 Å². The molecule has 0 spiro atoms. The van der Waals surface area contributed by atoms with Crippen LogP contribution in [0, 0.1) is 11.8 Å². The van der Waals surface area contributed by atoms with Crippen LogP contribution in [0.15, 0.2) is 24.3 Å². The summed E-state index contributed by atoms with van der Waals surface area (Å²) in [6.07, 6.45) is -3.41. The number of para-hydroxylation sites is 1. The number of hydrogen-bond acceptors (Lipinski definition) is 5. The van der Waals surface area contributed by atoms with Crippen molar-refractivity contribution in [1.82, 2.24) is 10.2 Å². The Hall–Kier alpha value is -2.33. The lowest BCUT2D eigenvalue weighted by atomic mass is 9.83. The van der Waals surface area contributed by atoms with Gasteiger partial charge in [-0.05, 0) is 38.8 Å². The summed E-state index contributed by atoms with van der Waals surface area (Å²) in [5, 5.41) is 10.1. The lowest BCUT2D eigenvalue weighted by Crippen LogP contribution is -2.42. The van der Waals surface area contributed by atoms with Gasteiger partial charge in [0.15, 0.2) is 0 Å². The van der Waals surface area contributed by atoms with Gasteiger partial charge in [-0.25, -0.2) is 4.79 Å². The number of benzene rings is 1. The van der Waals surface area contributed by atoms with E-state index >= 15 is 0 Å². The van der Waals surface area contributed by atoms with Crippen LogP contribution in [-0.2, 0) is 20.9 Å². The molecule has 0 radical (unpaired) electrons. The van der Waals surface area contributed by atoms with Gasteiger partial charge >= 0.3 is 12.1 Å². The van der Waals surface area contributed by atoms with Gasteiger partial charge in [0.2, 0.25) is 5.91 Å². The molecule has 1 aromatic rings. The van der Waals surface area contributed by atoms with Gasteiger partial charge in [0.25, 0.3) is 0 Å². The molecule has 2 fully saturated rings. The van der Waals surface area contributed by atoms with E-state index in [0.29, 0.717) is 18.3 Å². The maximum Gasteiger partial charge on any atom is 0.490 e. The first kappa shape index (κ1) is 25.9. The van der Waals surface area contributed by atoms with Crippen LogP contribution in [0.1, 0.15) is 32.3 Å². The minimum atomic E-state index is -5.08. The van der Waals surface area contributed by atoms with Crippen molar-refractivity contribution in [2.45, 2.75) is 51.6 Å². The van der Waals surface area contributed by atoms with Gasteiger partial charge in [-0.1, -0.05) is 18.2 Å². The highest BCUT2D eigenvalue weighted by Gasteiger charge is 2.41. The zero-order valence-electron chi connectivity index (χ0n) is 18.5. The summed E-state index contributed by atoms with van der Waals surface area (Å²) in [5.74, 6) is -0.660. The van der Waals surface area contributed by atoms with Gasteiger partial charge in [-0.15, -0.1) is 0 Å². The zero-order chi connectivity index (χ0) is 23.9. The third kappa shape index (κ3) is 7.67. The fourth-order valence-electron chi connectivity index (χ4n) is 4.15. The number of carboxylic acid groups (broad SMARTS) is 1. The highest BCUT2D eigenvalue weighted by molar-refractivity contribution is 5.76. The molecule has 2 heterocycles. The van der Waals surface area contributed by atoms with Crippen molar-refractivity contribution in [2.24, 2.45) is 11.8 Å². The van der Waals surface area contributed by atoms with Crippen LogP contribution in [-0.4, -0.2) is 67.0 Å². The molecule has 180 valence electrons. The summed E-state index contributed by atoms with van der Waals surface area (Å²) in [6, 6.07) is 8.41. The van der Waals surface area contributed by atoms with E-state index < -0.39 is 12.1 Å². The fourth-order valence-corrected chi connectivity index (χ4v) is 4.15. The van der Waals surface area contributed by atoms with E-state index in [-0.39, 0.29) is 18.1 Å². The minimum absolute atomic E-state index is 0.0807. The molecule has 1 aromatic carbocycles. The van der Waals surface area contributed by atoms with E-state index in [1.54, 1.807) is 7.11 Å². The number of nitrogens with zero attached hydrogens (tertiary/aromatic N) is 1. The number of rotatable bonds is 6. The number of likely N-dealkylation sites (tertiary alicyclic amines) is 1. The number of carboxylic acids is 1. The van der Waals surface area contributed by atoms with E-state index in [2.05, 4.69) is 22.3 Å². The number of fused-ring (bicyclic) bond motifs is 1. The van der Waals surface area contributed by atoms with Gasteiger partial charge in [-0.2, -0.15) is 13.2 Å². The summed E-state index contributed by atoms with van der Waals surface area (Å²) in [6.45, 7) is 7.74. The maximum atomic E-state index is 12.0. The lowest BCUT2D eigenvalue weighted by Gasteiger charge is -2.35. The third-order valence-electron chi connectivity index (χ3n) is 5.54. The predicted molar refractivity (Wildman–Crippen MR) is 111 cm³/mol. The molecule has 2 aliphatic rings. The number of carbonyl (C=O) groups excluding carboxylic acids is 1. The van der Waals surface area contributed by atoms with Crippen molar-refractivity contribution in [1.29, 1.82) is 0 Å². The molecule has 3 rings (SSSR count). The highest BCUT2D eigenvalue weighted by Crippen LogP contribution is 2.36. The molecule has 0 aliphatic carbocycles. The highest BCUT2D eigenvalue weighted by atomic mass is 19.4. The molecule has 1 amide bonds. The Kier molecular flexibility index (Phi) is 9.33. The van der Waals surface area contributed by atoms with Crippen LogP contribution in [0.3, 0.4) is 0 Å². The molecule has 0 aromatic heterocycles.